The van der Waals surface area contributed by atoms with Crippen LogP contribution in [0, 0.1) is 0 Å². The van der Waals surface area contributed by atoms with Gasteiger partial charge in [-0.3, -0.25) is 9.80 Å². The molecule has 0 spiro atoms. The third-order valence-corrected chi connectivity index (χ3v) is 4.66. The Morgan fingerprint density at radius 2 is 1.28 bits per heavy atom. The number of phenolic OH excluding ortho intramolecular Hbond substituents is 1. The van der Waals surface area contributed by atoms with Crippen molar-refractivity contribution < 1.29 is 14.6 Å². The van der Waals surface area contributed by atoms with Gasteiger partial charge in [0.05, 0.1) is 14.2 Å². The van der Waals surface area contributed by atoms with Gasteiger partial charge >= 0.3 is 0 Å². The number of phenols is 1. The van der Waals surface area contributed by atoms with Gasteiger partial charge in [0.15, 0.2) is 11.5 Å². The SMILES string of the molecule is COc1cc(CN2CCN(Cc3ccccc3)CC2)cc(OC)c1O. The lowest BCUT2D eigenvalue weighted by Crippen LogP contribution is -2.45. The fraction of sp³-hybridized carbons (Fsp3) is 0.400. The minimum absolute atomic E-state index is 0.0569. The highest BCUT2D eigenvalue weighted by Gasteiger charge is 2.19. The first-order chi connectivity index (χ1) is 12.2. The molecular formula is C20H26N2O3. The molecule has 0 amide bonds. The summed E-state index contributed by atoms with van der Waals surface area (Å²) in [6.45, 7) is 6.00. The molecule has 1 fully saturated rings. The second-order valence-electron chi connectivity index (χ2n) is 6.39. The normalized spacial score (nSPS) is 15.9. The molecule has 0 aliphatic carbocycles. The van der Waals surface area contributed by atoms with Gasteiger partial charge in [-0.2, -0.15) is 0 Å². The predicted octanol–water partition coefficient (Wildman–Crippen LogP) is 2.73. The van der Waals surface area contributed by atoms with Crippen LogP contribution >= 0.6 is 0 Å². The Morgan fingerprint density at radius 1 is 0.800 bits per heavy atom. The average molecular weight is 342 g/mol. The molecule has 0 aromatic heterocycles. The third kappa shape index (κ3) is 4.44. The molecule has 3 rings (SSSR count). The Balaban J connectivity index is 1.57. The molecule has 0 radical (unpaired) electrons. The van der Waals surface area contributed by atoms with Crippen LogP contribution in [0.2, 0.25) is 0 Å². The van der Waals surface area contributed by atoms with E-state index in [1.165, 1.54) is 5.56 Å². The number of benzene rings is 2. The van der Waals surface area contributed by atoms with Gasteiger partial charge in [-0.15, -0.1) is 0 Å². The highest BCUT2D eigenvalue weighted by atomic mass is 16.5. The summed E-state index contributed by atoms with van der Waals surface area (Å²) in [4.78, 5) is 4.91. The van der Waals surface area contributed by atoms with Crippen molar-refractivity contribution in [2.45, 2.75) is 13.1 Å². The van der Waals surface area contributed by atoms with Gasteiger partial charge in [-0.25, -0.2) is 0 Å². The van der Waals surface area contributed by atoms with Gasteiger partial charge in [0.25, 0.3) is 0 Å². The molecule has 0 bridgehead atoms. The minimum Gasteiger partial charge on any atom is -0.502 e. The number of methoxy groups -OCH3 is 2. The highest BCUT2D eigenvalue weighted by molar-refractivity contribution is 5.52. The monoisotopic (exact) mass is 342 g/mol. The molecule has 1 N–H and O–H groups in total. The van der Waals surface area contributed by atoms with E-state index in [2.05, 4.69) is 40.1 Å². The summed E-state index contributed by atoms with van der Waals surface area (Å²) >= 11 is 0. The van der Waals surface area contributed by atoms with Crippen LogP contribution in [0.4, 0.5) is 0 Å². The largest absolute Gasteiger partial charge is 0.502 e. The smallest absolute Gasteiger partial charge is 0.200 e. The van der Waals surface area contributed by atoms with Crippen molar-refractivity contribution >= 4 is 0 Å². The van der Waals surface area contributed by atoms with Crippen LogP contribution in [0.1, 0.15) is 11.1 Å². The minimum atomic E-state index is 0.0569. The fourth-order valence-corrected chi connectivity index (χ4v) is 3.24. The van der Waals surface area contributed by atoms with Crippen LogP contribution in [-0.2, 0) is 13.1 Å². The van der Waals surface area contributed by atoms with Crippen LogP contribution < -0.4 is 9.47 Å². The second-order valence-corrected chi connectivity index (χ2v) is 6.39. The second kappa shape index (κ2) is 8.23. The lowest BCUT2D eigenvalue weighted by atomic mass is 10.1. The van der Waals surface area contributed by atoms with Crippen LogP contribution in [0.5, 0.6) is 17.2 Å². The molecule has 1 aliphatic heterocycles. The van der Waals surface area contributed by atoms with Crippen molar-refractivity contribution in [1.82, 2.24) is 9.80 Å². The Kier molecular flexibility index (Phi) is 5.79. The average Bonchev–Trinajstić information content (AvgIpc) is 2.65. The van der Waals surface area contributed by atoms with Crippen molar-refractivity contribution in [3.05, 3.63) is 53.6 Å². The molecule has 2 aromatic carbocycles. The number of hydrogen-bond acceptors (Lipinski definition) is 5. The van der Waals surface area contributed by atoms with E-state index >= 15 is 0 Å². The van der Waals surface area contributed by atoms with E-state index in [9.17, 15) is 5.11 Å². The molecule has 0 atom stereocenters. The Hall–Kier alpha value is -2.24. The molecule has 1 saturated heterocycles. The predicted molar refractivity (Wildman–Crippen MR) is 98.2 cm³/mol. The lowest BCUT2D eigenvalue weighted by molar-refractivity contribution is 0.122. The van der Waals surface area contributed by atoms with Crippen LogP contribution in [0.15, 0.2) is 42.5 Å². The van der Waals surface area contributed by atoms with Gasteiger partial charge in [0.1, 0.15) is 0 Å². The zero-order valence-corrected chi connectivity index (χ0v) is 14.9. The Bertz CT molecular complexity index is 658. The summed E-state index contributed by atoms with van der Waals surface area (Å²) in [7, 11) is 3.11. The van der Waals surface area contributed by atoms with E-state index in [1.54, 1.807) is 14.2 Å². The maximum Gasteiger partial charge on any atom is 0.200 e. The number of rotatable bonds is 6. The van der Waals surface area contributed by atoms with Crippen LogP contribution in [-0.4, -0.2) is 55.3 Å². The van der Waals surface area contributed by atoms with Crippen LogP contribution in [0.3, 0.4) is 0 Å². The van der Waals surface area contributed by atoms with Crippen molar-refractivity contribution in [3.63, 3.8) is 0 Å². The van der Waals surface area contributed by atoms with Gasteiger partial charge < -0.3 is 14.6 Å². The van der Waals surface area contributed by atoms with Gasteiger partial charge in [-0.05, 0) is 23.3 Å². The lowest BCUT2D eigenvalue weighted by Gasteiger charge is -2.34. The quantitative estimate of drug-likeness (QED) is 0.874. The zero-order chi connectivity index (χ0) is 17.6. The van der Waals surface area contributed by atoms with Crippen molar-refractivity contribution in [2.24, 2.45) is 0 Å². The topological polar surface area (TPSA) is 45.2 Å². The molecule has 1 heterocycles. The summed E-state index contributed by atoms with van der Waals surface area (Å²) in [6.07, 6.45) is 0. The maximum absolute atomic E-state index is 10.0. The van der Waals surface area contributed by atoms with E-state index < -0.39 is 0 Å². The van der Waals surface area contributed by atoms with Gasteiger partial charge in [0, 0.05) is 39.3 Å². The number of piperazine rings is 1. The Labute approximate surface area is 149 Å². The standard InChI is InChI=1S/C20H26N2O3/c1-24-18-12-17(13-19(25-2)20(18)23)15-22-10-8-21(9-11-22)14-16-6-4-3-5-7-16/h3-7,12-13,23H,8-11,14-15H2,1-2H3. The molecule has 134 valence electrons. The zero-order valence-electron chi connectivity index (χ0n) is 14.9. The molecule has 5 heteroatoms. The van der Waals surface area contributed by atoms with E-state index in [0.29, 0.717) is 11.5 Å². The van der Waals surface area contributed by atoms with E-state index in [0.717, 1.165) is 44.8 Å². The summed E-state index contributed by atoms with van der Waals surface area (Å²) in [6, 6.07) is 14.4. The number of nitrogens with zero attached hydrogens (tertiary/aromatic N) is 2. The molecular weight excluding hydrogens is 316 g/mol. The first-order valence-electron chi connectivity index (χ1n) is 8.62. The first kappa shape index (κ1) is 17.6. The number of aromatic hydroxyl groups is 1. The van der Waals surface area contributed by atoms with E-state index in [-0.39, 0.29) is 5.75 Å². The fourth-order valence-electron chi connectivity index (χ4n) is 3.24. The summed E-state index contributed by atoms with van der Waals surface area (Å²) in [5, 5.41) is 10.0. The van der Waals surface area contributed by atoms with Gasteiger partial charge in [0.2, 0.25) is 5.75 Å². The van der Waals surface area contributed by atoms with E-state index in [1.807, 2.05) is 12.1 Å². The highest BCUT2D eigenvalue weighted by Crippen LogP contribution is 2.37. The summed E-state index contributed by atoms with van der Waals surface area (Å²) < 4.78 is 10.5. The number of hydrogen-bond donors (Lipinski definition) is 1. The van der Waals surface area contributed by atoms with Crippen LogP contribution in [0.25, 0.3) is 0 Å². The summed E-state index contributed by atoms with van der Waals surface area (Å²) in [5.41, 5.74) is 2.45. The molecule has 0 saturated carbocycles. The molecule has 25 heavy (non-hydrogen) atoms. The maximum atomic E-state index is 10.0. The molecule has 5 nitrogen and oxygen atoms in total. The van der Waals surface area contributed by atoms with Crippen molar-refractivity contribution in [2.75, 3.05) is 40.4 Å². The Morgan fingerprint density at radius 3 is 1.76 bits per heavy atom. The molecule has 1 aliphatic rings. The number of ether oxygens (including phenoxy) is 2. The van der Waals surface area contributed by atoms with Gasteiger partial charge in [-0.1, -0.05) is 30.3 Å². The summed E-state index contributed by atoms with van der Waals surface area (Å²) in [5.74, 6) is 0.968. The first-order valence-corrected chi connectivity index (χ1v) is 8.62. The third-order valence-electron chi connectivity index (χ3n) is 4.66. The van der Waals surface area contributed by atoms with Crippen molar-refractivity contribution in [1.29, 1.82) is 0 Å². The van der Waals surface area contributed by atoms with Crippen molar-refractivity contribution in [3.8, 4) is 17.2 Å². The molecule has 2 aromatic rings. The van der Waals surface area contributed by atoms with E-state index in [4.69, 9.17) is 9.47 Å². The molecule has 0 unspecified atom stereocenters.